The summed E-state index contributed by atoms with van der Waals surface area (Å²) in [5.41, 5.74) is 6.37. The van der Waals surface area contributed by atoms with Gasteiger partial charge >= 0.3 is 0 Å². The van der Waals surface area contributed by atoms with Crippen LogP contribution in [0.15, 0.2) is 94.7 Å². The first kappa shape index (κ1) is 24.5. The molecule has 5 nitrogen and oxygen atoms in total. The van der Waals surface area contributed by atoms with Gasteiger partial charge in [0.05, 0.1) is 23.4 Å². The number of nitrogens with zero attached hydrogens (tertiary/aromatic N) is 2. The zero-order valence-electron chi connectivity index (χ0n) is 20.8. The van der Waals surface area contributed by atoms with Crippen LogP contribution in [-0.4, -0.2) is 18.3 Å². The highest BCUT2D eigenvalue weighted by Crippen LogP contribution is 2.41. The van der Waals surface area contributed by atoms with Crippen molar-refractivity contribution >= 4 is 34.7 Å². The first-order valence-electron chi connectivity index (χ1n) is 12.4. The molecular formula is C31H25ClN2O3S. The fraction of sp³-hybridized carbons (Fsp3) is 0.161. The molecule has 38 heavy (non-hydrogen) atoms. The number of halogens is 1. The second kappa shape index (κ2) is 10.1. The maximum Gasteiger partial charge on any atom is 0.271 e. The van der Waals surface area contributed by atoms with E-state index in [1.165, 1.54) is 16.9 Å². The summed E-state index contributed by atoms with van der Waals surface area (Å²) in [4.78, 5) is 19.7. The Hall–Kier alpha value is -3.87. The lowest BCUT2D eigenvalue weighted by molar-refractivity contribution is 0.326. The number of hydrogen-bond donors (Lipinski definition) is 0. The average molecular weight is 541 g/mol. The second-order valence-corrected chi connectivity index (χ2v) is 10.6. The molecule has 1 atom stereocenters. The van der Waals surface area contributed by atoms with E-state index >= 15 is 0 Å². The summed E-state index contributed by atoms with van der Waals surface area (Å²) >= 11 is 7.62. The molecule has 0 saturated carbocycles. The Morgan fingerprint density at radius 3 is 2.71 bits per heavy atom. The number of methoxy groups -OCH3 is 1. The number of aromatic nitrogens is 1. The van der Waals surface area contributed by atoms with Crippen molar-refractivity contribution in [2.24, 2.45) is 4.99 Å². The maximum absolute atomic E-state index is 13.9. The molecular weight excluding hydrogens is 516 g/mol. The minimum Gasteiger partial charge on any atom is -0.493 e. The molecule has 6 rings (SSSR count). The standard InChI is InChI=1S/C31H25ClN2O3S/c1-3-16-37-25-15-8-19(17-26(25)36-2)18-27-30(35)34-29(21-9-12-22(32)13-10-21)24-14-11-20-6-4-5-7-23(20)28(24)33-31(34)38-27/h3-10,12-13,15,17-18,29H,1,11,14,16H2,2H3. The highest BCUT2D eigenvalue weighted by atomic mass is 35.5. The van der Waals surface area contributed by atoms with Gasteiger partial charge < -0.3 is 9.47 Å². The molecule has 4 aromatic rings. The molecule has 1 aromatic heterocycles. The van der Waals surface area contributed by atoms with Crippen molar-refractivity contribution in [3.63, 3.8) is 0 Å². The summed E-state index contributed by atoms with van der Waals surface area (Å²) in [7, 11) is 1.60. The second-order valence-electron chi connectivity index (χ2n) is 9.18. The monoisotopic (exact) mass is 540 g/mol. The average Bonchev–Trinajstić information content (AvgIpc) is 3.25. The smallest absolute Gasteiger partial charge is 0.271 e. The molecule has 190 valence electrons. The Morgan fingerprint density at radius 1 is 1.11 bits per heavy atom. The predicted octanol–water partition coefficient (Wildman–Crippen LogP) is 5.55. The van der Waals surface area contributed by atoms with Gasteiger partial charge in [0.2, 0.25) is 0 Å². The van der Waals surface area contributed by atoms with Gasteiger partial charge in [0.15, 0.2) is 16.3 Å². The van der Waals surface area contributed by atoms with Crippen LogP contribution in [0.1, 0.15) is 34.7 Å². The van der Waals surface area contributed by atoms with Gasteiger partial charge in [0.1, 0.15) is 6.61 Å². The van der Waals surface area contributed by atoms with E-state index in [0.29, 0.717) is 32.5 Å². The number of hydrogen-bond acceptors (Lipinski definition) is 5. The number of rotatable bonds is 6. The SMILES string of the molecule is C=CCOc1ccc(C=c2sc3n(c2=O)C(c2ccc(Cl)cc2)C2=C(N=3)c3ccccc3CC2)cc1OC. The molecule has 1 unspecified atom stereocenters. The normalized spacial score (nSPS) is 16.3. The van der Waals surface area contributed by atoms with E-state index < -0.39 is 0 Å². The van der Waals surface area contributed by atoms with E-state index in [9.17, 15) is 4.79 Å². The van der Waals surface area contributed by atoms with E-state index in [0.717, 1.165) is 40.8 Å². The first-order valence-corrected chi connectivity index (χ1v) is 13.6. The van der Waals surface area contributed by atoms with E-state index in [2.05, 4.69) is 24.8 Å². The van der Waals surface area contributed by atoms with Gasteiger partial charge in [-0.2, -0.15) is 0 Å². The van der Waals surface area contributed by atoms with Crippen LogP contribution in [0.4, 0.5) is 0 Å². The zero-order chi connectivity index (χ0) is 26.2. The van der Waals surface area contributed by atoms with E-state index in [1.807, 2.05) is 59.2 Å². The van der Waals surface area contributed by atoms with Crippen LogP contribution in [-0.2, 0) is 6.42 Å². The molecule has 0 spiro atoms. The lowest BCUT2D eigenvalue weighted by atomic mass is 9.83. The highest BCUT2D eigenvalue weighted by molar-refractivity contribution is 7.07. The third-order valence-electron chi connectivity index (χ3n) is 6.90. The number of ether oxygens (including phenoxy) is 2. The number of benzene rings is 3. The Bertz CT molecular complexity index is 1770. The first-order chi connectivity index (χ1) is 18.6. The van der Waals surface area contributed by atoms with Gasteiger partial charge in [0, 0.05) is 10.6 Å². The van der Waals surface area contributed by atoms with Crippen molar-refractivity contribution < 1.29 is 9.47 Å². The van der Waals surface area contributed by atoms with Gasteiger partial charge in [-0.25, -0.2) is 4.99 Å². The third-order valence-corrected chi connectivity index (χ3v) is 8.14. The molecule has 2 heterocycles. The number of aryl methyl sites for hydroxylation is 1. The van der Waals surface area contributed by atoms with Crippen LogP contribution in [0.5, 0.6) is 11.5 Å². The molecule has 1 aliphatic heterocycles. The molecule has 3 aromatic carbocycles. The fourth-order valence-electron chi connectivity index (χ4n) is 5.16. The molecule has 7 heteroatoms. The van der Waals surface area contributed by atoms with E-state index in [-0.39, 0.29) is 11.6 Å². The van der Waals surface area contributed by atoms with Gasteiger partial charge in [-0.15, -0.1) is 0 Å². The third kappa shape index (κ3) is 4.30. The lowest BCUT2D eigenvalue weighted by Gasteiger charge is -2.30. The number of allylic oxidation sites excluding steroid dienone is 1. The summed E-state index contributed by atoms with van der Waals surface area (Å²) in [6, 6.07) is 21.6. The van der Waals surface area contributed by atoms with Gasteiger partial charge in [-0.1, -0.05) is 78.1 Å². The molecule has 0 fully saturated rings. The minimum absolute atomic E-state index is 0.0648. The Balaban J connectivity index is 1.53. The lowest BCUT2D eigenvalue weighted by Crippen LogP contribution is -2.38. The fourth-order valence-corrected chi connectivity index (χ4v) is 6.29. The molecule has 2 aliphatic rings. The highest BCUT2D eigenvalue weighted by Gasteiger charge is 2.32. The van der Waals surface area contributed by atoms with Crippen molar-refractivity contribution in [1.82, 2.24) is 4.57 Å². The van der Waals surface area contributed by atoms with Crippen LogP contribution in [0.2, 0.25) is 5.02 Å². The number of thiazole rings is 1. The molecule has 0 amide bonds. The van der Waals surface area contributed by atoms with Crippen LogP contribution in [0.3, 0.4) is 0 Å². The largest absolute Gasteiger partial charge is 0.493 e. The molecule has 0 saturated heterocycles. The van der Waals surface area contributed by atoms with Crippen molar-refractivity contribution in [1.29, 1.82) is 0 Å². The van der Waals surface area contributed by atoms with Gasteiger partial charge in [0.25, 0.3) is 5.56 Å². The van der Waals surface area contributed by atoms with Crippen LogP contribution >= 0.6 is 22.9 Å². The zero-order valence-corrected chi connectivity index (χ0v) is 22.4. The Labute approximate surface area is 229 Å². The van der Waals surface area contributed by atoms with Crippen LogP contribution in [0.25, 0.3) is 11.8 Å². The van der Waals surface area contributed by atoms with Crippen molar-refractivity contribution in [2.45, 2.75) is 18.9 Å². The Kier molecular flexibility index (Phi) is 6.52. The Morgan fingerprint density at radius 2 is 1.92 bits per heavy atom. The molecule has 0 bridgehead atoms. The maximum atomic E-state index is 13.9. The summed E-state index contributed by atoms with van der Waals surface area (Å²) < 4.78 is 13.6. The minimum atomic E-state index is -0.238. The van der Waals surface area contributed by atoms with Crippen molar-refractivity contribution in [2.75, 3.05) is 13.7 Å². The van der Waals surface area contributed by atoms with Crippen molar-refractivity contribution in [3.8, 4) is 11.5 Å². The molecule has 1 aliphatic carbocycles. The van der Waals surface area contributed by atoms with Gasteiger partial charge in [-0.05, 0) is 65.4 Å². The summed E-state index contributed by atoms with van der Waals surface area (Å²) in [6.45, 7) is 4.07. The van der Waals surface area contributed by atoms with E-state index in [1.54, 1.807) is 13.2 Å². The van der Waals surface area contributed by atoms with Crippen molar-refractivity contribution in [3.05, 3.63) is 132 Å². The number of fused-ring (bicyclic) bond motifs is 3. The predicted molar refractivity (Wildman–Crippen MR) is 153 cm³/mol. The molecule has 0 N–H and O–H groups in total. The van der Waals surface area contributed by atoms with Gasteiger partial charge in [-0.3, -0.25) is 9.36 Å². The van der Waals surface area contributed by atoms with Crippen LogP contribution in [0, 0.1) is 0 Å². The van der Waals surface area contributed by atoms with Crippen LogP contribution < -0.4 is 24.4 Å². The summed E-state index contributed by atoms with van der Waals surface area (Å²) in [5, 5.41) is 0.666. The quantitative estimate of drug-likeness (QED) is 0.301. The summed E-state index contributed by atoms with van der Waals surface area (Å²) in [5.74, 6) is 1.22. The topological polar surface area (TPSA) is 52.8 Å². The molecule has 0 radical (unpaired) electrons. The van der Waals surface area contributed by atoms with E-state index in [4.69, 9.17) is 26.1 Å². The summed E-state index contributed by atoms with van der Waals surface area (Å²) in [6.07, 6.45) is 5.33.